The van der Waals surface area contributed by atoms with Gasteiger partial charge in [0, 0.05) is 53.1 Å². The van der Waals surface area contributed by atoms with E-state index in [2.05, 4.69) is 10.3 Å². The first-order valence-electron chi connectivity index (χ1n) is 11.3. The first-order valence-corrected chi connectivity index (χ1v) is 11.7. The maximum Gasteiger partial charge on any atom is 0.262 e. The first-order chi connectivity index (χ1) is 16.9. The van der Waals surface area contributed by atoms with Crippen LogP contribution in [0.15, 0.2) is 48.7 Å². The Balaban J connectivity index is 1.24. The van der Waals surface area contributed by atoms with Crippen LogP contribution in [-0.4, -0.2) is 48.0 Å². The molecule has 2 aliphatic rings. The normalized spacial score (nSPS) is 15.1. The molecule has 3 aromatic rings. The van der Waals surface area contributed by atoms with Gasteiger partial charge in [0.2, 0.25) is 0 Å². The number of aryl methyl sites for hydroxylation is 1. The Bertz CT molecular complexity index is 1310. The van der Waals surface area contributed by atoms with E-state index in [-0.39, 0.29) is 29.7 Å². The van der Waals surface area contributed by atoms with Crippen molar-refractivity contribution in [3.05, 3.63) is 70.8 Å². The molecule has 0 aliphatic carbocycles. The van der Waals surface area contributed by atoms with Gasteiger partial charge in [-0.1, -0.05) is 24.6 Å². The number of likely N-dealkylation sites (tertiary alicyclic amines) is 1. The molecule has 35 heavy (non-hydrogen) atoms. The van der Waals surface area contributed by atoms with Crippen LogP contribution in [-0.2, 0) is 11.2 Å². The van der Waals surface area contributed by atoms with Crippen molar-refractivity contribution in [2.75, 3.05) is 31.6 Å². The van der Waals surface area contributed by atoms with Crippen LogP contribution in [0, 0.1) is 11.7 Å². The molecule has 2 amide bonds. The van der Waals surface area contributed by atoms with Gasteiger partial charge in [-0.2, -0.15) is 0 Å². The number of carbonyl (C=O) groups is 2. The number of fused-ring (bicyclic) bond motifs is 1. The van der Waals surface area contributed by atoms with Crippen molar-refractivity contribution in [2.24, 2.45) is 5.92 Å². The number of hydrogen-bond donors (Lipinski definition) is 1. The summed E-state index contributed by atoms with van der Waals surface area (Å²) < 4.78 is 25.9. The fourth-order valence-corrected chi connectivity index (χ4v) is 4.46. The second-order valence-corrected chi connectivity index (χ2v) is 8.98. The number of halogens is 2. The Hall–Kier alpha value is -3.65. The van der Waals surface area contributed by atoms with E-state index in [9.17, 15) is 14.0 Å². The van der Waals surface area contributed by atoms with Gasteiger partial charge in [-0.15, -0.1) is 0 Å². The maximum absolute atomic E-state index is 14.5. The highest BCUT2D eigenvalue weighted by Crippen LogP contribution is 2.36. The Morgan fingerprint density at radius 1 is 1.26 bits per heavy atom. The summed E-state index contributed by atoms with van der Waals surface area (Å²) in [7, 11) is 0. The lowest BCUT2D eigenvalue weighted by Crippen LogP contribution is -2.52. The third-order valence-electron chi connectivity index (χ3n) is 6.11. The fraction of sp³-hybridized carbons (Fsp3) is 0.269. The molecule has 0 spiro atoms. The number of anilines is 1. The van der Waals surface area contributed by atoms with Crippen LogP contribution in [0.2, 0.25) is 5.02 Å². The lowest BCUT2D eigenvalue weighted by Gasteiger charge is -2.39. The quantitative estimate of drug-likeness (QED) is 0.541. The van der Waals surface area contributed by atoms with Gasteiger partial charge in [0.05, 0.1) is 17.9 Å². The predicted molar refractivity (Wildman–Crippen MR) is 129 cm³/mol. The zero-order chi connectivity index (χ0) is 24.5. The van der Waals surface area contributed by atoms with Crippen LogP contribution in [0.5, 0.6) is 11.5 Å². The Labute approximate surface area is 206 Å². The van der Waals surface area contributed by atoms with Crippen molar-refractivity contribution in [1.82, 2.24) is 9.88 Å². The first kappa shape index (κ1) is 23.1. The standard InChI is InChI=1S/C26H23ClFN3O4/c1-2-21-17(4-3-7-29-21)18-8-16(27)5-6-23(18)34-13-15-11-31(12-15)26(33)19-9-22-24(10-20(19)28)35-14-25(32)30-22/h3-10,15H,2,11-14H2,1H3,(H,30,32). The molecule has 0 unspecified atom stereocenters. The number of ether oxygens (including phenoxy) is 2. The molecule has 2 aliphatic heterocycles. The van der Waals surface area contributed by atoms with Crippen LogP contribution < -0.4 is 14.8 Å². The number of amides is 2. The van der Waals surface area contributed by atoms with Crippen LogP contribution in [0.1, 0.15) is 23.0 Å². The Morgan fingerprint density at radius 2 is 2.09 bits per heavy atom. The van der Waals surface area contributed by atoms with Crippen molar-refractivity contribution in [3.8, 4) is 22.6 Å². The van der Waals surface area contributed by atoms with Gasteiger partial charge < -0.3 is 19.7 Å². The summed E-state index contributed by atoms with van der Waals surface area (Å²) in [6.45, 7) is 3.14. The topological polar surface area (TPSA) is 80.8 Å². The largest absolute Gasteiger partial charge is 0.493 e. The highest BCUT2D eigenvalue weighted by atomic mass is 35.5. The second-order valence-electron chi connectivity index (χ2n) is 8.54. The van der Waals surface area contributed by atoms with Crippen molar-refractivity contribution in [2.45, 2.75) is 13.3 Å². The third kappa shape index (κ3) is 4.66. The molecular weight excluding hydrogens is 473 g/mol. The van der Waals surface area contributed by atoms with E-state index in [1.54, 1.807) is 17.2 Å². The average Bonchev–Trinajstić information content (AvgIpc) is 2.83. The average molecular weight is 496 g/mol. The highest BCUT2D eigenvalue weighted by molar-refractivity contribution is 6.31. The van der Waals surface area contributed by atoms with E-state index in [4.69, 9.17) is 21.1 Å². The van der Waals surface area contributed by atoms with E-state index in [1.165, 1.54) is 6.07 Å². The van der Waals surface area contributed by atoms with Crippen molar-refractivity contribution in [1.29, 1.82) is 0 Å². The minimum atomic E-state index is -0.682. The molecule has 1 aromatic heterocycles. The van der Waals surface area contributed by atoms with E-state index in [1.807, 2.05) is 31.2 Å². The molecule has 1 N–H and O–H groups in total. The SMILES string of the molecule is CCc1ncccc1-c1cc(Cl)ccc1OCC1CN(C(=O)c2cc3c(cc2F)OCC(=O)N3)C1. The third-order valence-corrected chi connectivity index (χ3v) is 6.34. The molecule has 0 radical (unpaired) electrons. The van der Waals surface area contributed by atoms with Gasteiger partial charge in [0.1, 0.15) is 17.3 Å². The van der Waals surface area contributed by atoms with Crippen LogP contribution in [0.25, 0.3) is 11.1 Å². The second kappa shape index (κ2) is 9.54. The molecule has 7 nitrogen and oxygen atoms in total. The molecular formula is C26H23ClFN3O4. The number of hydrogen-bond acceptors (Lipinski definition) is 5. The van der Waals surface area contributed by atoms with Crippen molar-refractivity contribution in [3.63, 3.8) is 0 Å². The molecule has 0 atom stereocenters. The monoisotopic (exact) mass is 495 g/mol. The van der Waals surface area contributed by atoms with Crippen molar-refractivity contribution >= 4 is 29.1 Å². The van der Waals surface area contributed by atoms with Gasteiger partial charge in [-0.3, -0.25) is 14.6 Å². The van der Waals surface area contributed by atoms with Crippen LogP contribution in [0.3, 0.4) is 0 Å². The zero-order valence-corrected chi connectivity index (χ0v) is 19.8. The summed E-state index contributed by atoms with van der Waals surface area (Å²) in [6, 6.07) is 11.8. The van der Waals surface area contributed by atoms with E-state index in [0.717, 1.165) is 29.3 Å². The lowest BCUT2D eigenvalue weighted by atomic mass is 9.98. The number of rotatable bonds is 6. The van der Waals surface area contributed by atoms with E-state index < -0.39 is 11.7 Å². The van der Waals surface area contributed by atoms with Gasteiger partial charge >= 0.3 is 0 Å². The van der Waals surface area contributed by atoms with Crippen molar-refractivity contribution < 1.29 is 23.5 Å². The summed E-state index contributed by atoms with van der Waals surface area (Å²) in [5.74, 6) is -0.450. The van der Waals surface area contributed by atoms with Crippen LogP contribution >= 0.6 is 11.6 Å². The minimum Gasteiger partial charge on any atom is -0.493 e. The fourth-order valence-electron chi connectivity index (χ4n) is 4.29. The molecule has 9 heteroatoms. The summed E-state index contributed by atoms with van der Waals surface area (Å²) >= 11 is 6.26. The summed E-state index contributed by atoms with van der Waals surface area (Å²) in [6.07, 6.45) is 2.54. The van der Waals surface area contributed by atoms with Gasteiger partial charge in [-0.25, -0.2) is 4.39 Å². The summed E-state index contributed by atoms with van der Waals surface area (Å²) in [5.41, 5.74) is 2.99. The van der Waals surface area contributed by atoms with Gasteiger partial charge in [0.25, 0.3) is 11.8 Å². The molecule has 0 bridgehead atoms. The zero-order valence-electron chi connectivity index (χ0n) is 19.0. The molecule has 3 heterocycles. The molecule has 1 fully saturated rings. The van der Waals surface area contributed by atoms with Crippen LogP contribution in [0.4, 0.5) is 10.1 Å². The number of carbonyl (C=O) groups excluding carboxylic acids is 2. The van der Waals surface area contributed by atoms with Gasteiger partial charge in [0.15, 0.2) is 6.61 Å². The maximum atomic E-state index is 14.5. The lowest BCUT2D eigenvalue weighted by molar-refractivity contribution is -0.118. The summed E-state index contributed by atoms with van der Waals surface area (Å²) in [4.78, 5) is 30.4. The van der Waals surface area contributed by atoms with E-state index >= 15 is 0 Å². The van der Waals surface area contributed by atoms with Gasteiger partial charge in [-0.05, 0) is 36.8 Å². The smallest absolute Gasteiger partial charge is 0.262 e. The molecule has 2 aromatic carbocycles. The molecule has 0 saturated carbocycles. The van der Waals surface area contributed by atoms with E-state index in [0.29, 0.717) is 36.2 Å². The molecule has 5 rings (SSSR count). The number of pyridine rings is 1. The number of aromatic nitrogens is 1. The highest BCUT2D eigenvalue weighted by Gasteiger charge is 2.34. The molecule has 1 saturated heterocycles. The molecule has 180 valence electrons. The Kier molecular flexibility index (Phi) is 6.30. The number of nitrogens with zero attached hydrogens (tertiary/aromatic N) is 2. The number of nitrogens with one attached hydrogen (secondary N) is 1. The minimum absolute atomic E-state index is 0.0995. The predicted octanol–water partition coefficient (Wildman–Crippen LogP) is 4.59. The summed E-state index contributed by atoms with van der Waals surface area (Å²) in [5, 5.41) is 3.20. The Morgan fingerprint density at radius 3 is 2.89 bits per heavy atom. The number of benzene rings is 2.